The minimum atomic E-state index is -0.162. The van der Waals surface area contributed by atoms with Crippen molar-refractivity contribution in [3.63, 3.8) is 0 Å². The van der Waals surface area contributed by atoms with Crippen LogP contribution in [0.4, 0.5) is 0 Å². The summed E-state index contributed by atoms with van der Waals surface area (Å²) in [5.74, 6) is 0.624. The lowest BCUT2D eigenvalue weighted by atomic mass is 10.1. The van der Waals surface area contributed by atoms with Crippen LogP contribution in [0.1, 0.15) is 15.9 Å². The largest absolute Gasteiger partial charge is 0.497 e. The first-order chi connectivity index (χ1) is 8.76. The normalized spacial score (nSPS) is 15.6. The number of nitrogens with zero attached hydrogens (tertiary/aromatic N) is 1. The molecule has 1 aliphatic heterocycles. The Bertz CT molecular complexity index is 428. The molecule has 0 saturated carbocycles. The van der Waals surface area contributed by atoms with Gasteiger partial charge in [0.1, 0.15) is 5.75 Å². The standard InChI is InChI=1S/C13H18N2O3/c1-18-11-2-3-12(10(8-11)9-16)13(17)15-6-4-14-5-7-15/h2-3,8,14,16H,4-7,9H2,1H3. The van der Waals surface area contributed by atoms with E-state index in [9.17, 15) is 9.90 Å². The molecule has 0 atom stereocenters. The number of carbonyl (C=O) groups is 1. The monoisotopic (exact) mass is 250 g/mol. The predicted molar refractivity (Wildman–Crippen MR) is 67.7 cm³/mol. The molecule has 1 aromatic carbocycles. The quantitative estimate of drug-likeness (QED) is 0.806. The van der Waals surface area contributed by atoms with Crippen molar-refractivity contribution in [2.75, 3.05) is 33.3 Å². The third-order valence-corrected chi connectivity index (χ3v) is 3.12. The molecular formula is C13H18N2O3. The zero-order valence-electron chi connectivity index (χ0n) is 10.5. The number of benzene rings is 1. The highest BCUT2D eigenvalue weighted by Gasteiger charge is 2.20. The topological polar surface area (TPSA) is 61.8 Å². The van der Waals surface area contributed by atoms with Crippen molar-refractivity contribution in [3.05, 3.63) is 29.3 Å². The third kappa shape index (κ3) is 2.63. The number of carbonyl (C=O) groups excluding carboxylic acids is 1. The first-order valence-electron chi connectivity index (χ1n) is 6.04. The van der Waals surface area contributed by atoms with E-state index in [-0.39, 0.29) is 12.5 Å². The second-order valence-electron chi connectivity index (χ2n) is 4.22. The van der Waals surface area contributed by atoms with Gasteiger partial charge in [0.2, 0.25) is 0 Å². The molecule has 0 bridgehead atoms. The maximum atomic E-state index is 12.3. The molecule has 1 aromatic rings. The maximum Gasteiger partial charge on any atom is 0.254 e. The maximum absolute atomic E-state index is 12.3. The molecule has 0 aliphatic carbocycles. The number of hydrogen-bond donors (Lipinski definition) is 2. The number of ether oxygens (including phenoxy) is 1. The van der Waals surface area contributed by atoms with E-state index in [2.05, 4.69) is 5.32 Å². The van der Waals surface area contributed by atoms with Gasteiger partial charge in [0.05, 0.1) is 13.7 Å². The highest BCUT2D eigenvalue weighted by atomic mass is 16.5. The molecule has 0 aromatic heterocycles. The first kappa shape index (κ1) is 12.9. The summed E-state index contributed by atoms with van der Waals surface area (Å²) >= 11 is 0. The molecular weight excluding hydrogens is 232 g/mol. The second kappa shape index (κ2) is 5.84. The van der Waals surface area contributed by atoms with Crippen LogP contribution >= 0.6 is 0 Å². The minimum absolute atomic E-state index is 0.0248. The molecule has 0 spiro atoms. The van der Waals surface area contributed by atoms with Crippen molar-refractivity contribution in [2.45, 2.75) is 6.61 Å². The molecule has 1 aliphatic rings. The summed E-state index contributed by atoms with van der Waals surface area (Å²) in [6.07, 6.45) is 0. The summed E-state index contributed by atoms with van der Waals surface area (Å²) in [6.45, 7) is 2.88. The highest BCUT2D eigenvalue weighted by Crippen LogP contribution is 2.19. The summed E-state index contributed by atoms with van der Waals surface area (Å²) in [5.41, 5.74) is 1.16. The van der Waals surface area contributed by atoms with Gasteiger partial charge in [-0.3, -0.25) is 4.79 Å². The predicted octanol–water partition coefficient (Wildman–Crippen LogP) is 0.233. The number of aliphatic hydroxyl groups is 1. The van der Waals surface area contributed by atoms with Crippen molar-refractivity contribution >= 4 is 5.91 Å². The SMILES string of the molecule is COc1ccc(C(=O)N2CCNCC2)c(CO)c1. The van der Waals surface area contributed by atoms with Crippen molar-refractivity contribution in [1.82, 2.24) is 10.2 Å². The molecule has 0 radical (unpaired) electrons. The molecule has 0 unspecified atom stereocenters. The van der Waals surface area contributed by atoms with Gasteiger partial charge in [0.25, 0.3) is 5.91 Å². The molecule has 98 valence electrons. The Labute approximate surface area is 106 Å². The van der Waals surface area contributed by atoms with Gasteiger partial charge in [-0.1, -0.05) is 0 Å². The van der Waals surface area contributed by atoms with E-state index in [1.807, 2.05) is 0 Å². The number of methoxy groups -OCH3 is 1. The molecule has 1 amide bonds. The summed E-state index contributed by atoms with van der Waals surface area (Å²) in [5, 5.41) is 12.6. The van der Waals surface area contributed by atoms with Crippen LogP contribution in [0.15, 0.2) is 18.2 Å². The molecule has 1 fully saturated rings. The lowest BCUT2D eigenvalue weighted by Crippen LogP contribution is -2.46. The van der Waals surface area contributed by atoms with Gasteiger partial charge in [-0.05, 0) is 23.8 Å². The van der Waals surface area contributed by atoms with Crippen LogP contribution < -0.4 is 10.1 Å². The number of aliphatic hydroxyl groups excluding tert-OH is 1. The fourth-order valence-corrected chi connectivity index (χ4v) is 2.07. The van der Waals surface area contributed by atoms with Crippen LogP contribution in [0.5, 0.6) is 5.75 Å². The minimum Gasteiger partial charge on any atom is -0.497 e. The Balaban J connectivity index is 2.23. The fraction of sp³-hybridized carbons (Fsp3) is 0.462. The summed E-state index contributed by atoms with van der Waals surface area (Å²) in [7, 11) is 1.56. The van der Waals surface area contributed by atoms with Crippen molar-refractivity contribution in [3.8, 4) is 5.75 Å². The summed E-state index contributed by atoms with van der Waals surface area (Å²) < 4.78 is 5.09. The van der Waals surface area contributed by atoms with Crippen molar-refractivity contribution in [1.29, 1.82) is 0 Å². The van der Waals surface area contributed by atoms with E-state index in [0.29, 0.717) is 30.0 Å². The van der Waals surface area contributed by atoms with E-state index in [4.69, 9.17) is 4.74 Å². The molecule has 2 rings (SSSR count). The van der Waals surface area contributed by atoms with Crippen LogP contribution in [0.3, 0.4) is 0 Å². The van der Waals surface area contributed by atoms with Gasteiger partial charge in [-0.2, -0.15) is 0 Å². The zero-order chi connectivity index (χ0) is 13.0. The molecule has 5 heteroatoms. The van der Waals surface area contributed by atoms with Crippen LogP contribution in [0.25, 0.3) is 0 Å². The molecule has 2 N–H and O–H groups in total. The van der Waals surface area contributed by atoms with Crippen molar-refractivity contribution < 1.29 is 14.6 Å². The van der Waals surface area contributed by atoms with Gasteiger partial charge < -0.3 is 20.1 Å². The number of hydrogen-bond acceptors (Lipinski definition) is 4. The Kier molecular flexibility index (Phi) is 4.17. The Hall–Kier alpha value is -1.59. The van der Waals surface area contributed by atoms with Crippen molar-refractivity contribution in [2.24, 2.45) is 0 Å². The molecule has 1 heterocycles. The average Bonchev–Trinajstić information content (AvgIpc) is 2.46. The van der Waals surface area contributed by atoms with Gasteiger partial charge in [-0.25, -0.2) is 0 Å². The zero-order valence-corrected chi connectivity index (χ0v) is 10.5. The Morgan fingerprint density at radius 3 is 2.78 bits per heavy atom. The van der Waals surface area contributed by atoms with E-state index in [0.717, 1.165) is 13.1 Å². The summed E-state index contributed by atoms with van der Waals surface area (Å²) in [4.78, 5) is 14.1. The molecule has 5 nitrogen and oxygen atoms in total. The van der Waals surface area contributed by atoms with Gasteiger partial charge >= 0.3 is 0 Å². The lowest BCUT2D eigenvalue weighted by molar-refractivity contribution is 0.0732. The van der Waals surface area contributed by atoms with Crippen LogP contribution in [0, 0.1) is 0 Å². The van der Waals surface area contributed by atoms with E-state index < -0.39 is 0 Å². The molecule has 18 heavy (non-hydrogen) atoms. The Morgan fingerprint density at radius 1 is 1.44 bits per heavy atom. The lowest BCUT2D eigenvalue weighted by Gasteiger charge is -2.28. The van der Waals surface area contributed by atoms with E-state index in [1.165, 1.54) is 0 Å². The van der Waals surface area contributed by atoms with Crippen LogP contribution in [0.2, 0.25) is 0 Å². The summed E-state index contributed by atoms with van der Waals surface area (Å²) in [6, 6.07) is 5.17. The molecule has 1 saturated heterocycles. The third-order valence-electron chi connectivity index (χ3n) is 3.12. The number of rotatable bonds is 3. The Morgan fingerprint density at radius 2 is 2.17 bits per heavy atom. The van der Waals surface area contributed by atoms with Crippen LogP contribution in [-0.2, 0) is 6.61 Å². The van der Waals surface area contributed by atoms with Gasteiger partial charge in [0.15, 0.2) is 0 Å². The number of nitrogens with one attached hydrogen (secondary N) is 1. The first-order valence-corrected chi connectivity index (χ1v) is 6.04. The van der Waals surface area contributed by atoms with Gasteiger partial charge in [0, 0.05) is 31.7 Å². The van der Waals surface area contributed by atoms with Crippen LogP contribution in [-0.4, -0.2) is 49.2 Å². The average molecular weight is 250 g/mol. The smallest absolute Gasteiger partial charge is 0.254 e. The number of piperazine rings is 1. The van der Waals surface area contributed by atoms with E-state index >= 15 is 0 Å². The van der Waals surface area contributed by atoms with E-state index in [1.54, 1.807) is 30.2 Å². The highest BCUT2D eigenvalue weighted by molar-refractivity contribution is 5.96. The second-order valence-corrected chi connectivity index (χ2v) is 4.22. The van der Waals surface area contributed by atoms with Gasteiger partial charge in [-0.15, -0.1) is 0 Å². The number of amides is 1. The fourth-order valence-electron chi connectivity index (χ4n) is 2.07.